The molecule has 0 saturated heterocycles. The van der Waals surface area contributed by atoms with Gasteiger partial charge in [0.25, 0.3) is 0 Å². The zero-order valence-electron chi connectivity index (χ0n) is 18.4. The monoisotopic (exact) mass is 411 g/mol. The van der Waals surface area contributed by atoms with Crippen LogP contribution in [-0.2, 0) is 30.2 Å². The summed E-state index contributed by atoms with van der Waals surface area (Å²) in [5.74, 6) is 0.0944. The van der Waals surface area contributed by atoms with Crippen LogP contribution in [0.5, 0.6) is 5.75 Å². The first-order valence-corrected chi connectivity index (χ1v) is 9.44. The van der Waals surface area contributed by atoms with Crippen molar-refractivity contribution in [1.29, 1.82) is 0 Å². The summed E-state index contributed by atoms with van der Waals surface area (Å²) in [5, 5.41) is 0. The molecule has 0 unspecified atom stereocenters. The molecule has 1 rings (SSSR count). The van der Waals surface area contributed by atoms with Gasteiger partial charge in [0, 0.05) is 20.6 Å². The minimum atomic E-state index is -1.33. The van der Waals surface area contributed by atoms with E-state index in [0.29, 0.717) is 5.75 Å². The summed E-state index contributed by atoms with van der Waals surface area (Å²) in [4.78, 5) is 27.0. The van der Waals surface area contributed by atoms with Crippen molar-refractivity contribution in [2.45, 2.75) is 52.2 Å². The minimum absolute atomic E-state index is 0.126. The molecule has 8 nitrogen and oxygen atoms in total. The molecule has 1 amide bonds. The van der Waals surface area contributed by atoms with E-state index in [2.05, 4.69) is 0 Å². The number of methoxy groups -OCH3 is 2. The lowest BCUT2D eigenvalue weighted by Gasteiger charge is -2.39. The summed E-state index contributed by atoms with van der Waals surface area (Å²) in [6.45, 7) is 8.84. The Hall–Kier alpha value is -2.32. The topological polar surface area (TPSA) is 83.5 Å². The third kappa shape index (κ3) is 7.55. The lowest BCUT2D eigenvalue weighted by molar-refractivity contribution is -0.159. The van der Waals surface area contributed by atoms with Crippen LogP contribution in [0.3, 0.4) is 0 Å². The van der Waals surface area contributed by atoms with Gasteiger partial charge in [-0.05, 0) is 52.3 Å². The molecule has 0 aliphatic heterocycles. The molecule has 1 aromatic carbocycles. The van der Waals surface area contributed by atoms with Gasteiger partial charge in [0.2, 0.25) is 0 Å². The first-order valence-electron chi connectivity index (χ1n) is 9.44. The van der Waals surface area contributed by atoms with Crippen LogP contribution in [0.2, 0.25) is 0 Å². The van der Waals surface area contributed by atoms with E-state index in [0.717, 1.165) is 5.56 Å². The van der Waals surface area contributed by atoms with E-state index in [1.807, 2.05) is 12.1 Å². The normalized spacial score (nSPS) is 13.3. The van der Waals surface area contributed by atoms with E-state index in [-0.39, 0.29) is 26.6 Å². The molecule has 8 heteroatoms. The Labute approximate surface area is 173 Å². The zero-order chi connectivity index (χ0) is 22.1. The highest BCUT2D eigenvalue weighted by Gasteiger charge is 2.45. The Morgan fingerprint density at radius 3 is 2.10 bits per heavy atom. The van der Waals surface area contributed by atoms with Gasteiger partial charge in [0.05, 0.1) is 6.61 Å². The second-order valence-electron chi connectivity index (χ2n) is 7.69. The number of esters is 1. The second kappa shape index (κ2) is 11.0. The number of carbonyl (C=O) groups excluding carboxylic acids is 2. The molecule has 1 aromatic rings. The summed E-state index contributed by atoms with van der Waals surface area (Å²) in [6.07, 6.45) is -0.450. The third-order valence-corrected chi connectivity index (χ3v) is 4.00. The van der Waals surface area contributed by atoms with E-state index in [4.69, 9.17) is 23.7 Å². The van der Waals surface area contributed by atoms with Crippen molar-refractivity contribution >= 4 is 12.1 Å². The SMILES string of the molecule is CCOC(=O)[C@](C)(Cc1ccc(OCOC)cc1)N(COC)C(=O)OC(C)(C)C. The Morgan fingerprint density at radius 1 is 1.00 bits per heavy atom. The molecule has 0 bridgehead atoms. The van der Waals surface area contributed by atoms with Crippen molar-refractivity contribution in [2.75, 3.05) is 34.4 Å². The lowest BCUT2D eigenvalue weighted by Crippen LogP contribution is -2.58. The maximum atomic E-state index is 12.9. The fourth-order valence-corrected chi connectivity index (χ4v) is 2.64. The molecular formula is C21H33NO7. The largest absolute Gasteiger partial charge is 0.468 e. The summed E-state index contributed by atoms with van der Waals surface area (Å²) in [6, 6.07) is 7.19. The van der Waals surface area contributed by atoms with Gasteiger partial charge in [-0.15, -0.1) is 0 Å². The fourth-order valence-electron chi connectivity index (χ4n) is 2.64. The second-order valence-corrected chi connectivity index (χ2v) is 7.69. The number of ether oxygens (including phenoxy) is 5. The molecule has 0 radical (unpaired) electrons. The molecule has 0 saturated carbocycles. The van der Waals surface area contributed by atoms with E-state index in [1.54, 1.807) is 53.9 Å². The molecule has 0 heterocycles. The first kappa shape index (κ1) is 24.7. The maximum absolute atomic E-state index is 12.9. The van der Waals surface area contributed by atoms with E-state index in [1.165, 1.54) is 12.0 Å². The van der Waals surface area contributed by atoms with Gasteiger partial charge in [-0.1, -0.05) is 12.1 Å². The van der Waals surface area contributed by atoms with Gasteiger partial charge in [-0.25, -0.2) is 9.59 Å². The van der Waals surface area contributed by atoms with Crippen molar-refractivity contribution < 1.29 is 33.3 Å². The fraction of sp³-hybridized carbons (Fsp3) is 0.619. The van der Waals surface area contributed by atoms with Crippen LogP contribution < -0.4 is 4.74 Å². The summed E-state index contributed by atoms with van der Waals surface area (Å²) >= 11 is 0. The first-order chi connectivity index (χ1) is 13.6. The highest BCUT2D eigenvalue weighted by atomic mass is 16.7. The van der Waals surface area contributed by atoms with E-state index >= 15 is 0 Å². The number of amides is 1. The third-order valence-electron chi connectivity index (χ3n) is 4.00. The van der Waals surface area contributed by atoms with Crippen LogP contribution in [-0.4, -0.2) is 62.5 Å². The van der Waals surface area contributed by atoms with Crippen molar-refractivity contribution in [2.24, 2.45) is 0 Å². The molecule has 1 atom stereocenters. The highest BCUT2D eigenvalue weighted by molar-refractivity contribution is 5.86. The van der Waals surface area contributed by atoms with Gasteiger partial charge in [-0.2, -0.15) is 0 Å². The van der Waals surface area contributed by atoms with Crippen LogP contribution >= 0.6 is 0 Å². The van der Waals surface area contributed by atoms with Gasteiger partial charge < -0.3 is 23.7 Å². The number of rotatable bonds is 10. The number of carbonyl (C=O) groups is 2. The molecule has 29 heavy (non-hydrogen) atoms. The molecule has 0 aromatic heterocycles. The molecule has 0 aliphatic rings. The molecule has 164 valence electrons. The molecule has 0 aliphatic carbocycles. The van der Waals surface area contributed by atoms with Crippen LogP contribution in [0.1, 0.15) is 40.2 Å². The molecule has 0 N–H and O–H groups in total. The number of hydrogen-bond donors (Lipinski definition) is 0. The average Bonchev–Trinajstić information content (AvgIpc) is 2.64. The number of nitrogens with zero attached hydrogens (tertiary/aromatic N) is 1. The summed E-state index contributed by atoms with van der Waals surface area (Å²) in [5.41, 5.74) is -1.24. The quantitative estimate of drug-likeness (QED) is 0.431. The standard InChI is InChI=1S/C21H33NO7/c1-8-27-18(23)21(5,22(14-25-6)19(24)29-20(2,3)4)13-16-9-11-17(12-10-16)28-15-26-7/h9-12H,8,13-15H2,1-7H3/t21-/m0/s1. The van der Waals surface area contributed by atoms with Gasteiger partial charge in [0.15, 0.2) is 6.79 Å². The summed E-state index contributed by atoms with van der Waals surface area (Å²) in [7, 11) is 2.99. The predicted octanol–water partition coefficient (Wildman–Crippen LogP) is 3.37. The molecular weight excluding hydrogens is 378 g/mol. The van der Waals surface area contributed by atoms with E-state index < -0.39 is 23.2 Å². The van der Waals surface area contributed by atoms with Crippen LogP contribution in [0, 0.1) is 0 Å². The molecule has 0 fully saturated rings. The molecule has 0 spiro atoms. The number of benzene rings is 1. The highest BCUT2D eigenvalue weighted by Crippen LogP contribution is 2.26. The Bertz CT molecular complexity index is 654. The Balaban J connectivity index is 3.20. The van der Waals surface area contributed by atoms with Crippen molar-refractivity contribution in [3.8, 4) is 5.75 Å². The van der Waals surface area contributed by atoms with Gasteiger partial charge >= 0.3 is 12.1 Å². The minimum Gasteiger partial charge on any atom is -0.468 e. The lowest BCUT2D eigenvalue weighted by atomic mass is 9.91. The number of hydrogen-bond acceptors (Lipinski definition) is 7. The zero-order valence-corrected chi connectivity index (χ0v) is 18.4. The van der Waals surface area contributed by atoms with Gasteiger partial charge in [0.1, 0.15) is 23.6 Å². The van der Waals surface area contributed by atoms with Crippen molar-refractivity contribution in [3.05, 3.63) is 29.8 Å². The summed E-state index contributed by atoms with van der Waals surface area (Å²) < 4.78 is 26.2. The maximum Gasteiger partial charge on any atom is 0.413 e. The smallest absolute Gasteiger partial charge is 0.413 e. The van der Waals surface area contributed by atoms with Crippen LogP contribution in [0.4, 0.5) is 4.79 Å². The Morgan fingerprint density at radius 2 is 1.62 bits per heavy atom. The van der Waals surface area contributed by atoms with Crippen molar-refractivity contribution in [3.63, 3.8) is 0 Å². The van der Waals surface area contributed by atoms with Crippen LogP contribution in [0.15, 0.2) is 24.3 Å². The Kier molecular flexibility index (Phi) is 9.39. The van der Waals surface area contributed by atoms with Crippen LogP contribution in [0.25, 0.3) is 0 Å². The predicted molar refractivity (Wildman–Crippen MR) is 108 cm³/mol. The van der Waals surface area contributed by atoms with E-state index in [9.17, 15) is 9.59 Å². The van der Waals surface area contributed by atoms with Gasteiger partial charge in [-0.3, -0.25) is 4.90 Å². The average molecular weight is 411 g/mol. The van der Waals surface area contributed by atoms with Crippen molar-refractivity contribution in [1.82, 2.24) is 4.90 Å².